The zero-order valence-corrected chi connectivity index (χ0v) is 12.3. The number of para-hydroxylation sites is 2. The van der Waals surface area contributed by atoms with Gasteiger partial charge in [0.15, 0.2) is 11.5 Å². The topological polar surface area (TPSA) is 44.5 Å². The summed E-state index contributed by atoms with van der Waals surface area (Å²) in [7, 11) is 0. The largest absolute Gasteiger partial charge is 0.490 e. The van der Waals surface area contributed by atoms with Gasteiger partial charge in [-0.2, -0.15) is 0 Å². The molecule has 2 aromatic rings. The maximum atomic E-state index is 13.4. The first kappa shape index (κ1) is 15.3. The fourth-order valence-electron chi connectivity index (χ4n) is 1.95. The monoisotopic (exact) mass is 289 g/mol. The Kier molecular flexibility index (Phi) is 5.17. The van der Waals surface area contributed by atoms with Crippen molar-refractivity contribution < 1.29 is 13.9 Å². The van der Waals surface area contributed by atoms with E-state index < -0.39 is 0 Å². The quantitative estimate of drug-likeness (QED) is 0.855. The van der Waals surface area contributed by atoms with E-state index in [9.17, 15) is 4.39 Å². The maximum Gasteiger partial charge on any atom is 0.169 e. The Bertz CT molecular complexity index is 599. The molecule has 0 bridgehead atoms. The molecule has 0 fully saturated rings. The molecule has 0 aliphatic rings. The molecule has 0 aliphatic carbocycles. The van der Waals surface area contributed by atoms with Gasteiger partial charge in [0.2, 0.25) is 0 Å². The molecule has 0 radical (unpaired) electrons. The molecule has 0 heterocycles. The van der Waals surface area contributed by atoms with Gasteiger partial charge >= 0.3 is 0 Å². The molecule has 2 aromatic carbocycles. The second kappa shape index (κ2) is 7.09. The first-order valence-corrected chi connectivity index (χ1v) is 7.06. The number of ether oxygens (including phenoxy) is 2. The van der Waals surface area contributed by atoms with Crippen molar-refractivity contribution in [2.45, 2.75) is 26.3 Å². The Morgan fingerprint density at radius 2 is 1.81 bits per heavy atom. The normalized spacial score (nSPS) is 12.0. The molecule has 3 nitrogen and oxygen atoms in total. The summed E-state index contributed by atoms with van der Waals surface area (Å²) in [5, 5.41) is 0. The minimum atomic E-state index is -0.329. The van der Waals surface area contributed by atoms with Crippen molar-refractivity contribution in [1.82, 2.24) is 0 Å². The number of halogens is 1. The van der Waals surface area contributed by atoms with Gasteiger partial charge in [-0.25, -0.2) is 4.39 Å². The Balaban J connectivity index is 2.30. The van der Waals surface area contributed by atoms with Crippen molar-refractivity contribution in [2.24, 2.45) is 5.73 Å². The minimum absolute atomic E-state index is 0.320. The van der Waals surface area contributed by atoms with Crippen LogP contribution in [0.4, 0.5) is 4.39 Å². The summed E-state index contributed by atoms with van der Waals surface area (Å²) in [6.07, 6.45) is 0.913. The zero-order valence-electron chi connectivity index (χ0n) is 12.3. The van der Waals surface area contributed by atoms with Crippen LogP contribution in [0.3, 0.4) is 0 Å². The first-order chi connectivity index (χ1) is 10.1. The molecule has 0 saturated heterocycles. The Morgan fingerprint density at radius 3 is 2.48 bits per heavy atom. The number of hydrogen-bond acceptors (Lipinski definition) is 3. The second-order valence-electron chi connectivity index (χ2n) is 4.87. The molecule has 0 aromatic heterocycles. The predicted octanol–water partition coefficient (Wildman–Crippen LogP) is 4.43. The molecule has 2 rings (SSSR count). The Labute approximate surface area is 124 Å². The number of hydrogen-bond donors (Lipinski definition) is 1. The Hall–Kier alpha value is -2.07. The van der Waals surface area contributed by atoms with Gasteiger partial charge in [-0.1, -0.05) is 19.1 Å². The lowest BCUT2D eigenvalue weighted by atomic mass is 10.1. The summed E-state index contributed by atoms with van der Waals surface area (Å²) in [5.74, 6) is 1.47. The van der Waals surface area contributed by atoms with E-state index in [2.05, 4.69) is 0 Å². The van der Waals surface area contributed by atoms with E-state index in [4.69, 9.17) is 15.2 Å². The highest BCUT2D eigenvalue weighted by Crippen LogP contribution is 2.34. The fourth-order valence-corrected chi connectivity index (χ4v) is 1.95. The van der Waals surface area contributed by atoms with Gasteiger partial charge in [-0.05, 0) is 43.7 Å². The van der Waals surface area contributed by atoms with Crippen LogP contribution in [0.15, 0.2) is 42.5 Å². The summed E-state index contributed by atoms with van der Waals surface area (Å²) in [6, 6.07) is 11.4. The summed E-state index contributed by atoms with van der Waals surface area (Å²) in [4.78, 5) is 0. The molecule has 0 aliphatic heterocycles. The van der Waals surface area contributed by atoms with Gasteiger partial charge < -0.3 is 15.2 Å². The molecular weight excluding hydrogens is 269 g/mol. The van der Waals surface area contributed by atoms with Gasteiger partial charge in [-0.3, -0.25) is 0 Å². The van der Waals surface area contributed by atoms with Crippen LogP contribution in [0.5, 0.6) is 17.2 Å². The van der Waals surface area contributed by atoms with Crippen molar-refractivity contribution in [2.75, 3.05) is 6.61 Å². The first-order valence-electron chi connectivity index (χ1n) is 7.06. The fraction of sp³-hybridized carbons (Fsp3) is 0.294. The molecule has 0 saturated carbocycles. The van der Waals surface area contributed by atoms with Crippen LogP contribution < -0.4 is 15.2 Å². The highest BCUT2D eigenvalue weighted by molar-refractivity contribution is 5.45. The van der Waals surface area contributed by atoms with Crippen LogP contribution in [-0.2, 0) is 0 Å². The zero-order chi connectivity index (χ0) is 15.2. The molecule has 2 N–H and O–H groups in total. The molecular formula is C17H20FNO2. The smallest absolute Gasteiger partial charge is 0.169 e. The van der Waals surface area contributed by atoms with E-state index in [0.29, 0.717) is 29.4 Å². The van der Waals surface area contributed by atoms with Crippen molar-refractivity contribution in [1.29, 1.82) is 0 Å². The molecule has 0 spiro atoms. The van der Waals surface area contributed by atoms with Crippen molar-refractivity contribution in [3.63, 3.8) is 0 Å². The van der Waals surface area contributed by atoms with E-state index in [1.54, 1.807) is 13.0 Å². The predicted molar refractivity (Wildman–Crippen MR) is 81.3 cm³/mol. The van der Waals surface area contributed by atoms with E-state index in [0.717, 1.165) is 6.42 Å². The average molecular weight is 289 g/mol. The third kappa shape index (κ3) is 3.95. The van der Waals surface area contributed by atoms with E-state index in [1.807, 2.05) is 31.2 Å². The summed E-state index contributed by atoms with van der Waals surface area (Å²) >= 11 is 0. The highest BCUT2D eigenvalue weighted by atomic mass is 19.1. The summed E-state index contributed by atoms with van der Waals surface area (Å²) < 4.78 is 24.9. The van der Waals surface area contributed by atoms with E-state index in [-0.39, 0.29) is 11.9 Å². The summed E-state index contributed by atoms with van der Waals surface area (Å²) in [5.41, 5.74) is 6.50. The third-order valence-corrected chi connectivity index (χ3v) is 2.99. The molecule has 21 heavy (non-hydrogen) atoms. The molecule has 0 unspecified atom stereocenters. The lowest BCUT2D eigenvalue weighted by Crippen LogP contribution is -2.07. The Morgan fingerprint density at radius 1 is 1.10 bits per heavy atom. The molecule has 1 atom stereocenters. The lowest BCUT2D eigenvalue weighted by molar-refractivity contribution is 0.301. The van der Waals surface area contributed by atoms with Crippen LogP contribution in [0.25, 0.3) is 0 Å². The van der Waals surface area contributed by atoms with Crippen LogP contribution >= 0.6 is 0 Å². The second-order valence-corrected chi connectivity index (χ2v) is 4.87. The number of rotatable bonds is 6. The van der Waals surface area contributed by atoms with Gasteiger partial charge in [0.1, 0.15) is 11.6 Å². The van der Waals surface area contributed by atoms with Crippen LogP contribution in [-0.4, -0.2) is 6.61 Å². The molecule has 4 heteroatoms. The highest BCUT2D eigenvalue weighted by Gasteiger charge is 2.12. The molecule has 0 amide bonds. The van der Waals surface area contributed by atoms with Crippen molar-refractivity contribution in [3.05, 3.63) is 53.8 Å². The number of benzene rings is 2. The minimum Gasteiger partial charge on any atom is -0.490 e. The maximum absolute atomic E-state index is 13.4. The van der Waals surface area contributed by atoms with E-state index >= 15 is 0 Å². The third-order valence-electron chi connectivity index (χ3n) is 2.99. The van der Waals surface area contributed by atoms with Gasteiger partial charge in [-0.15, -0.1) is 0 Å². The van der Waals surface area contributed by atoms with Crippen LogP contribution in [0.2, 0.25) is 0 Å². The van der Waals surface area contributed by atoms with Crippen molar-refractivity contribution in [3.8, 4) is 17.2 Å². The van der Waals surface area contributed by atoms with Gasteiger partial charge in [0.25, 0.3) is 0 Å². The standard InChI is InChI=1S/C17H20FNO2/c1-3-10-20-16-6-4-5-7-17(16)21-15-9-8-13(18)11-14(15)12(2)19/h4-9,11-12H,3,10,19H2,1-2H3/t12-/m0/s1. The summed E-state index contributed by atoms with van der Waals surface area (Å²) in [6.45, 7) is 4.45. The van der Waals surface area contributed by atoms with Crippen LogP contribution in [0, 0.1) is 5.82 Å². The van der Waals surface area contributed by atoms with Crippen molar-refractivity contribution >= 4 is 0 Å². The van der Waals surface area contributed by atoms with Gasteiger partial charge in [0.05, 0.1) is 6.61 Å². The van der Waals surface area contributed by atoms with Crippen LogP contribution in [0.1, 0.15) is 31.9 Å². The average Bonchev–Trinajstić information content (AvgIpc) is 2.48. The van der Waals surface area contributed by atoms with Gasteiger partial charge in [0, 0.05) is 11.6 Å². The SMILES string of the molecule is CCCOc1ccccc1Oc1ccc(F)cc1[C@H](C)N. The molecule has 112 valence electrons. The number of nitrogens with two attached hydrogens (primary N) is 1. The lowest BCUT2D eigenvalue weighted by Gasteiger charge is -2.16. The van der Waals surface area contributed by atoms with E-state index in [1.165, 1.54) is 12.1 Å².